The highest BCUT2D eigenvalue weighted by Gasteiger charge is 2.34. The lowest BCUT2D eigenvalue weighted by Crippen LogP contribution is -2.29. The van der Waals surface area contributed by atoms with Gasteiger partial charge >= 0.3 is 0 Å². The molecule has 0 radical (unpaired) electrons. The second-order valence-electron chi connectivity index (χ2n) is 7.90. The van der Waals surface area contributed by atoms with Gasteiger partial charge in [0.2, 0.25) is 0 Å². The number of likely N-dealkylation sites (N-methyl/N-ethyl adjacent to an activating group) is 2. The maximum atomic E-state index is 12.2. The van der Waals surface area contributed by atoms with Crippen LogP contribution in [0, 0.1) is 0 Å². The number of aryl methyl sites for hydroxylation is 1. The Hall–Kier alpha value is -0.920. The zero-order valence-electron chi connectivity index (χ0n) is 16.5. The lowest BCUT2D eigenvalue weighted by Gasteiger charge is -2.29. The summed E-state index contributed by atoms with van der Waals surface area (Å²) in [7, 11) is 1.23. The first-order valence-corrected chi connectivity index (χ1v) is 11.8. The number of rotatable bonds is 8. The molecule has 0 atom stereocenters. The molecule has 1 fully saturated rings. The summed E-state index contributed by atoms with van der Waals surface area (Å²) in [5, 5.41) is 8.01. The van der Waals surface area contributed by atoms with Crippen molar-refractivity contribution in [2.75, 3.05) is 32.9 Å². The van der Waals surface area contributed by atoms with Crippen LogP contribution in [0.15, 0.2) is 0 Å². The fourth-order valence-corrected chi connectivity index (χ4v) is 6.04. The second kappa shape index (κ2) is 8.40. The third kappa shape index (κ3) is 4.15. The van der Waals surface area contributed by atoms with E-state index in [4.69, 9.17) is 5.10 Å². The quantitative estimate of drug-likeness (QED) is 0.744. The molecule has 3 rings (SSSR count). The molecule has 26 heavy (non-hydrogen) atoms. The Morgan fingerprint density at radius 2 is 2.00 bits per heavy atom. The van der Waals surface area contributed by atoms with Gasteiger partial charge in [-0.25, -0.2) is 8.42 Å². The number of fused-ring (bicyclic) bond motifs is 1. The third-order valence-corrected chi connectivity index (χ3v) is 8.41. The fraction of sp³-hybridized carbons (Fsp3) is 0.842. The molecule has 1 saturated carbocycles. The molecule has 1 aromatic heterocycles. The first kappa shape index (κ1) is 19.8. The second-order valence-corrected chi connectivity index (χ2v) is 10.5. The van der Waals surface area contributed by atoms with E-state index < -0.39 is 9.84 Å². The molecule has 0 unspecified atom stereocenters. The van der Waals surface area contributed by atoms with Crippen LogP contribution in [0.4, 0.5) is 0 Å². The Balaban J connectivity index is 1.75. The van der Waals surface area contributed by atoms with Crippen molar-refractivity contribution in [2.45, 2.75) is 69.7 Å². The minimum Gasteiger partial charge on any atom is -0.318 e. The summed E-state index contributed by atoms with van der Waals surface area (Å²) in [6, 6.07) is 0. The molecule has 1 aliphatic heterocycles. The van der Waals surface area contributed by atoms with E-state index in [1.165, 1.54) is 23.4 Å². The summed E-state index contributed by atoms with van der Waals surface area (Å²) in [5.74, 6) is 0.750. The van der Waals surface area contributed by atoms with Crippen molar-refractivity contribution < 1.29 is 8.42 Å². The largest absolute Gasteiger partial charge is 0.318 e. The molecule has 2 heterocycles. The maximum absolute atomic E-state index is 12.2. The topological polar surface area (TPSA) is 67.2 Å². The van der Waals surface area contributed by atoms with Gasteiger partial charge in [0.15, 0.2) is 9.84 Å². The highest BCUT2D eigenvalue weighted by atomic mass is 32.2. The number of hydrogen-bond donors (Lipinski definition) is 1. The molecule has 0 spiro atoms. The van der Waals surface area contributed by atoms with Crippen LogP contribution in [-0.4, -0.2) is 61.3 Å². The molecular formula is C19H34N4O2S. The van der Waals surface area contributed by atoms with Crippen molar-refractivity contribution in [2.24, 2.45) is 0 Å². The van der Waals surface area contributed by atoms with E-state index in [2.05, 4.69) is 21.9 Å². The zero-order valence-corrected chi connectivity index (χ0v) is 17.3. The van der Waals surface area contributed by atoms with Crippen LogP contribution in [0.5, 0.6) is 0 Å². The van der Waals surface area contributed by atoms with Gasteiger partial charge in [0.25, 0.3) is 0 Å². The average molecular weight is 383 g/mol. The monoisotopic (exact) mass is 382 g/mol. The molecule has 2 aliphatic rings. The summed E-state index contributed by atoms with van der Waals surface area (Å²) in [6.07, 6.45) is 5.88. The Kier molecular flexibility index (Phi) is 6.41. The smallest absolute Gasteiger partial charge is 0.152 e. The van der Waals surface area contributed by atoms with Crippen LogP contribution >= 0.6 is 0 Å². The number of hydrogen-bond acceptors (Lipinski definition) is 5. The SMILES string of the molecule is CCS(=O)(=O)C1CCC(c2c(CN(C)CCNC)nn3c2CCC3)CC1. The van der Waals surface area contributed by atoms with Crippen LogP contribution in [0.3, 0.4) is 0 Å². The normalized spacial score (nSPS) is 23.5. The summed E-state index contributed by atoms with van der Waals surface area (Å²) in [4.78, 5) is 2.32. The van der Waals surface area contributed by atoms with E-state index in [0.717, 1.165) is 58.3 Å². The van der Waals surface area contributed by atoms with Crippen molar-refractivity contribution in [3.63, 3.8) is 0 Å². The molecule has 1 N–H and O–H groups in total. The van der Waals surface area contributed by atoms with Gasteiger partial charge in [0, 0.05) is 43.2 Å². The Bertz CT molecular complexity index is 705. The van der Waals surface area contributed by atoms with E-state index in [9.17, 15) is 8.42 Å². The van der Waals surface area contributed by atoms with Crippen molar-refractivity contribution >= 4 is 9.84 Å². The van der Waals surface area contributed by atoms with Gasteiger partial charge in [0.1, 0.15) is 0 Å². The predicted octanol–water partition coefficient (Wildman–Crippen LogP) is 1.94. The van der Waals surface area contributed by atoms with E-state index >= 15 is 0 Å². The highest BCUT2D eigenvalue weighted by molar-refractivity contribution is 7.92. The van der Waals surface area contributed by atoms with Crippen molar-refractivity contribution in [1.82, 2.24) is 20.0 Å². The number of aromatic nitrogens is 2. The molecule has 0 saturated heterocycles. The van der Waals surface area contributed by atoms with Crippen molar-refractivity contribution in [3.05, 3.63) is 17.0 Å². The van der Waals surface area contributed by atoms with Crippen molar-refractivity contribution in [1.29, 1.82) is 0 Å². The summed E-state index contributed by atoms with van der Waals surface area (Å²) >= 11 is 0. The van der Waals surface area contributed by atoms with E-state index in [0.29, 0.717) is 5.92 Å². The Morgan fingerprint density at radius 1 is 1.27 bits per heavy atom. The molecule has 1 aromatic rings. The van der Waals surface area contributed by atoms with Crippen LogP contribution in [0.25, 0.3) is 0 Å². The van der Waals surface area contributed by atoms with E-state index in [1.54, 1.807) is 6.92 Å². The number of sulfone groups is 1. The minimum atomic E-state index is -2.90. The molecule has 7 heteroatoms. The lowest BCUT2D eigenvalue weighted by atomic mass is 9.82. The van der Waals surface area contributed by atoms with Gasteiger partial charge in [-0.3, -0.25) is 9.58 Å². The summed E-state index contributed by atoms with van der Waals surface area (Å²) in [5.41, 5.74) is 4.09. The third-order valence-electron chi connectivity index (χ3n) is 6.11. The van der Waals surface area contributed by atoms with Gasteiger partial charge in [0.05, 0.1) is 10.9 Å². The Labute approximate surface area is 158 Å². The first-order valence-electron chi connectivity index (χ1n) is 10.1. The van der Waals surface area contributed by atoms with Gasteiger partial charge in [-0.1, -0.05) is 6.92 Å². The van der Waals surface area contributed by atoms with Gasteiger partial charge < -0.3 is 5.32 Å². The van der Waals surface area contributed by atoms with Crippen LogP contribution in [0.2, 0.25) is 0 Å². The fourth-order valence-electron chi connectivity index (χ4n) is 4.58. The number of nitrogens with one attached hydrogen (secondary N) is 1. The molecular weight excluding hydrogens is 348 g/mol. The van der Waals surface area contributed by atoms with Gasteiger partial charge in [-0.2, -0.15) is 5.10 Å². The molecule has 148 valence electrons. The van der Waals surface area contributed by atoms with Crippen molar-refractivity contribution in [3.8, 4) is 0 Å². The van der Waals surface area contributed by atoms with Crippen LogP contribution < -0.4 is 5.32 Å². The first-order chi connectivity index (χ1) is 12.5. The summed E-state index contributed by atoms with van der Waals surface area (Å²) in [6.45, 7) is 5.65. The average Bonchev–Trinajstić information content (AvgIpc) is 3.20. The van der Waals surface area contributed by atoms with E-state index in [-0.39, 0.29) is 11.0 Å². The van der Waals surface area contributed by atoms with Gasteiger partial charge in [-0.15, -0.1) is 0 Å². The zero-order chi connectivity index (χ0) is 18.7. The minimum absolute atomic E-state index is 0.130. The predicted molar refractivity (Wildman–Crippen MR) is 105 cm³/mol. The van der Waals surface area contributed by atoms with Crippen LogP contribution in [-0.2, 0) is 29.3 Å². The van der Waals surface area contributed by atoms with E-state index in [1.807, 2.05) is 7.05 Å². The standard InChI is InChI=1S/C19H34N4O2S/c1-4-26(24,25)16-9-7-15(8-10-16)19-17(14-22(3)13-11-20-2)21-23-12-5-6-18(19)23/h15-16,20H,4-14H2,1-3H3. The Morgan fingerprint density at radius 3 is 2.65 bits per heavy atom. The van der Waals surface area contributed by atoms with Crippen LogP contribution in [0.1, 0.15) is 61.9 Å². The molecule has 1 aliphatic carbocycles. The molecule has 0 bridgehead atoms. The molecule has 6 nitrogen and oxygen atoms in total. The maximum Gasteiger partial charge on any atom is 0.152 e. The molecule has 0 aromatic carbocycles. The highest BCUT2D eigenvalue weighted by Crippen LogP contribution is 2.40. The number of nitrogens with zero attached hydrogens (tertiary/aromatic N) is 3. The van der Waals surface area contributed by atoms with Gasteiger partial charge in [-0.05, 0) is 58.5 Å². The lowest BCUT2D eigenvalue weighted by molar-refractivity contribution is 0.319. The summed E-state index contributed by atoms with van der Waals surface area (Å²) < 4.78 is 26.7. The molecule has 0 amide bonds.